The maximum absolute atomic E-state index is 5.54. The number of hydrogen-bond donors (Lipinski definition) is 2. The Kier molecular flexibility index (Phi) is 3.13. The molecule has 1 unspecified atom stereocenters. The zero-order valence-electron chi connectivity index (χ0n) is 8.91. The Hall–Kier alpha value is -1.51. The fourth-order valence-electron chi connectivity index (χ4n) is 1.52. The SMILES string of the molecule is COc1cnn(C)c1C(NN)c1csnn1. The summed E-state index contributed by atoms with van der Waals surface area (Å²) in [5.41, 5.74) is 4.25. The van der Waals surface area contributed by atoms with E-state index in [2.05, 4.69) is 20.1 Å². The Morgan fingerprint density at radius 3 is 3.00 bits per heavy atom. The Morgan fingerprint density at radius 2 is 2.44 bits per heavy atom. The molecule has 8 heteroatoms. The summed E-state index contributed by atoms with van der Waals surface area (Å²) < 4.78 is 10.7. The maximum atomic E-state index is 5.54. The second kappa shape index (κ2) is 4.56. The van der Waals surface area contributed by atoms with Gasteiger partial charge in [0.25, 0.3) is 0 Å². The molecule has 16 heavy (non-hydrogen) atoms. The molecule has 0 amide bonds. The van der Waals surface area contributed by atoms with Crippen molar-refractivity contribution in [3.8, 4) is 5.75 Å². The largest absolute Gasteiger partial charge is 0.493 e. The number of nitrogens with two attached hydrogens (primary N) is 1. The van der Waals surface area contributed by atoms with Crippen LogP contribution in [0.4, 0.5) is 0 Å². The first kappa shape index (κ1) is 11.0. The smallest absolute Gasteiger partial charge is 0.162 e. The zero-order valence-corrected chi connectivity index (χ0v) is 9.73. The van der Waals surface area contributed by atoms with Crippen molar-refractivity contribution in [2.45, 2.75) is 6.04 Å². The quantitative estimate of drug-likeness (QED) is 0.569. The molecule has 0 aromatic carbocycles. The lowest BCUT2D eigenvalue weighted by Crippen LogP contribution is -2.31. The minimum atomic E-state index is -0.277. The number of aryl methyl sites for hydroxylation is 1. The monoisotopic (exact) mass is 240 g/mol. The van der Waals surface area contributed by atoms with Crippen molar-refractivity contribution in [3.63, 3.8) is 0 Å². The maximum Gasteiger partial charge on any atom is 0.162 e. The molecule has 0 spiro atoms. The highest BCUT2D eigenvalue weighted by atomic mass is 32.1. The van der Waals surface area contributed by atoms with E-state index < -0.39 is 0 Å². The number of methoxy groups -OCH3 is 1. The van der Waals surface area contributed by atoms with Crippen LogP contribution in [-0.2, 0) is 7.05 Å². The summed E-state index contributed by atoms with van der Waals surface area (Å²) in [6.07, 6.45) is 1.64. The zero-order chi connectivity index (χ0) is 11.5. The van der Waals surface area contributed by atoms with Gasteiger partial charge in [0.1, 0.15) is 11.7 Å². The lowest BCUT2D eigenvalue weighted by atomic mass is 10.1. The van der Waals surface area contributed by atoms with Gasteiger partial charge in [0.2, 0.25) is 0 Å². The van der Waals surface area contributed by atoms with Gasteiger partial charge in [-0.1, -0.05) is 4.49 Å². The summed E-state index contributed by atoms with van der Waals surface area (Å²) in [6.45, 7) is 0. The van der Waals surface area contributed by atoms with Crippen LogP contribution in [0.15, 0.2) is 11.6 Å². The van der Waals surface area contributed by atoms with E-state index in [1.54, 1.807) is 18.0 Å². The molecule has 2 heterocycles. The summed E-state index contributed by atoms with van der Waals surface area (Å²) >= 11 is 1.27. The van der Waals surface area contributed by atoms with Crippen LogP contribution in [0.2, 0.25) is 0 Å². The van der Waals surface area contributed by atoms with Crippen LogP contribution in [0.3, 0.4) is 0 Å². The molecule has 0 aliphatic heterocycles. The van der Waals surface area contributed by atoms with Crippen molar-refractivity contribution < 1.29 is 4.74 Å². The van der Waals surface area contributed by atoms with Crippen LogP contribution in [0.25, 0.3) is 0 Å². The highest BCUT2D eigenvalue weighted by Gasteiger charge is 2.23. The minimum Gasteiger partial charge on any atom is -0.493 e. The van der Waals surface area contributed by atoms with E-state index in [4.69, 9.17) is 10.6 Å². The third kappa shape index (κ3) is 1.77. The molecule has 2 rings (SSSR count). The summed E-state index contributed by atoms with van der Waals surface area (Å²) in [6, 6.07) is -0.277. The van der Waals surface area contributed by atoms with E-state index in [9.17, 15) is 0 Å². The molecule has 0 saturated carbocycles. The second-order valence-electron chi connectivity index (χ2n) is 3.15. The number of nitrogens with one attached hydrogen (secondary N) is 1. The van der Waals surface area contributed by atoms with E-state index in [-0.39, 0.29) is 6.04 Å². The molecule has 2 aromatic heterocycles. The first-order valence-electron chi connectivity index (χ1n) is 4.57. The first-order valence-corrected chi connectivity index (χ1v) is 5.40. The fraction of sp³-hybridized carbons (Fsp3) is 0.375. The van der Waals surface area contributed by atoms with E-state index in [1.807, 2.05) is 12.4 Å². The van der Waals surface area contributed by atoms with Crippen molar-refractivity contribution in [2.75, 3.05) is 7.11 Å². The van der Waals surface area contributed by atoms with Crippen LogP contribution < -0.4 is 16.0 Å². The third-order valence-electron chi connectivity index (χ3n) is 2.28. The molecule has 0 aliphatic carbocycles. The van der Waals surface area contributed by atoms with Crippen molar-refractivity contribution in [1.82, 2.24) is 24.8 Å². The van der Waals surface area contributed by atoms with Gasteiger partial charge < -0.3 is 4.74 Å². The molecule has 0 saturated heterocycles. The molecule has 0 aliphatic rings. The van der Waals surface area contributed by atoms with Gasteiger partial charge in [-0.05, 0) is 11.5 Å². The Bertz CT molecular complexity index is 453. The highest BCUT2D eigenvalue weighted by Crippen LogP contribution is 2.27. The van der Waals surface area contributed by atoms with Crippen molar-refractivity contribution in [1.29, 1.82) is 0 Å². The lowest BCUT2D eigenvalue weighted by molar-refractivity contribution is 0.400. The normalized spacial score (nSPS) is 12.7. The molecule has 0 fully saturated rings. The van der Waals surface area contributed by atoms with E-state index >= 15 is 0 Å². The number of hydrazine groups is 1. The number of rotatable bonds is 4. The molecule has 3 N–H and O–H groups in total. The van der Waals surface area contributed by atoms with E-state index in [1.165, 1.54) is 11.5 Å². The van der Waals surface area contributed by atoms with Gasteiger partial charge in [0, 0.05) is 12.4 Å². The predicted molar refractivity (Wildman–Crippen MR) is 58.8 cm³/mol. The van der Waals surface area contributed by atoms with Crippen molar-refractivity contribution in [2.24, 2.45) is 12.9 Å². The third-order valence-corrected chi connectivity index (χ3v) is 2.80. The minimum absolute atomic E-state index is 0.277. The standard InChI is InChI=1S/C8H12N6OS/c1-14-8(6(15-2)3-10-14)7(11-9)5-4-16-13-12-5/h3-4,7,11H,9H2,1-2H3. The Balaban J connectivity index is 2.44. The number of hydrogen-bond acceptors (Lipinski definition) is 7. The number of nitrogens with zero attached hydrogens (tertiary/aromatic N) is 4. The average molecular weight is 240 g/mol. The predicted octanol–water partition coefficient (Wildman–Crippen LogP) is -0.167. The molecular formula is C8H12N6OS. The summed E-state index contributed by atoms with van der Waals surface area (Å²) in [5, 5.41) is 9.94. The van der Waals surface area contributed by atoms with Crippen molar-refractivity contribution >= 4 is 11.5 Å². The van der Waals surface area contributed by atoms with Gasteiger partial charge in [-0.15, -0.1) is 5.10 Å². The Morgan fingerprint density at radius 1 is 1.62 bits per heavy atom. The van der Waals surface area contributed by atoms with Gasteiger partial charge in [0.05, 0.1) is 19.0 Å². The topological polar surface area (TPSA) is 90.9 Å². The molecule has 0 bridgehead atoms. The summed E-state index contributed by atoms with van der Waals surface area (Å²) in [7, 11) is 3.41. The molecular weight excluding hydrogens is 228 g/mol. The van der Waals surface area contributed by atoms with Crippen LogP contribution >= 0.6 is 11.5 Å². The Labute approximate surface area is 96.4 Å². The van der Waals surface area contributed by atoms with Crippen molar-refractivity contribution in [3.05, 3.63) is 23.0 Å². The second-order valence-corrected chi connectivity index (χ2v) is 3.76. The van der Waals surface area contributed by atoms with Gasteiger partial charge in [-0.25, -0.2) is 5.43 Å². The average Bonchev–Trinajstić information content (AvgIpc) is 2.91. The van der Waals surface area contributed by atoms with Gasteiger partial charge in [-0.2, -0.15) is 5.10 Å². The molecule has 7 nitrogen and oxygen atoms in total. The number of ether oxygens (including phenoxy) is 1. The molecule has 0 radical (unpaired) electrons. The molecule has 2 aromatic rings. The van der Waals surface area contributed by atoms with Crippen LogP contribution in [0.1, 0.15) is 17.4 Å². The fourth-order valence-corrected chi connectivity index (χ4v) is 2.00. The summed E-state index contributed by atoms with van der Waals surface area (Å²) in [5.74, 6) is 6.20. The van der Waals surface area contributed by atoms with E-state index in [0.717, 1.165) is 11.4 Å². The molecule has 86 valence electrons. The highest BCUT2D eigenvalue weighted by molar-refractivity contribution is 7.03. The van der Waals surface area contributed by atoms with Crippen LogP contribution in [0.5, 0.6) is 5.75 Å². The molecule has 1 atom stereocenters. The van der Waals surface area contributed by atoms with Crippen LogP contribution in [-0.4, -0.2) is 26.5 Å². The van der Waals surface area contributed by atoms with Gasteiger partial charge >= 0.3 is 0 Å². The van der Waals surface area contributed by atoms with Crippen LogP contribution in [0, 0.1) is 0 Å². The van der Waals surface area contributed by atoms with E-state index in [0.29, 0.717) is 5.75 Å². The first-order chi connectivity index (χ1) is 7.77. The van der Waals surface area contributed by atoms with Gasteiger partial charge in [-0.3, -0.25) is 10.5 Å². The lowest BCUT2D eigenvalue weighted by Gasteiger charge is -2.14. The summed E-state index contributed by atoms with van der Waals surface area (Å²) in [4.78, 5) is 0. The van der Waals surface area contributed by atoms with Gasteiger partial charge in [0.15, 0.2) is 5.75 Å². The number of aromatic nitrogens is 4.